The summed E-state index contributed by atoms with van der Waals surface area (Å²) in [6.07, 6.45) is 1.33. The number of rotatable bonds is 3. The smallest absolute Gasteiger partial charge is 0.267 e. The fourth-order valence-electron chi connectivity index (χ4n) is 1.30. The van der Waals surface area contributed by atoms with Crippen molar-refractivity contribution in [2.45, 2.75) is 0 Å². The monoisotopic (exact) mass is 231 g/mol. The Morgan fingerprint density at radius 2 is 2.12 bits per heavy atom. The quantitative estimate of drug-likeness (QED) is 0.810. The van der Waals surface area contributed by atoms with Gasteiger partial charge in [-0.25, -0.2) is 5.10 Å². The highest BCUT2D eigenvalue weighted by Gasteiger charge is 2.09. The van der Waals surface area contributed by atoms with Gasteiger partial charge in [0.2, 0.25) is 0 Å². The number of aromatic amines is 1. The van der Waals surface area contributed by atoms with Crippen LogP contribution < -0.4 is 16.0 Å². The molecule has 0 saturated heterocycles. The Morgan fingerprint density at radius 1 is 1.35 bits per heavy atom. The molecule has 17 heavy (non-hydrogen) atoms. The van der Waals surface area contributed by atoms with Crippen molar-refractivity contribution in [1.82, 2.24) is 10.2 Å². The third-order valence-electron chi connectivity index (χ3n) is 2.02. The van der Waals surface area contributed by atoms with E-state index in [2.05, 4.69) is 10.2 Å². The van der Waals surface area contributed by atoms with Crippen molar-refractivity contribution in [3.8, 4) is 11.5 Å². The molecular weight excluding hydrogens is 222 g/mol. The van der Waals surface area contributed by atoms with Crippen LogP contribution in [0.15, 0.2) is 41.3 Å². The third-order valence-corrected chi connectivity index (χ3v) is 2.02. The van der Waals surface area contributed by atoms with Crippen LogP contribution in [-0.2, 0) is 0 Å². The van der Waals surface area contributed by atoms with E-state index < -0.39 is 5.91 Å². The van der Waals surface area contributed by atoms with E-state index in [4.69, 9.17) is 10.5 Å². The minimum atomic E-state index is -0.599. The van der Waals surface area contributed by atoms with Crippen LogP contribution in [0.2, 0.25) is 0 Å². The normalized spacial score (nSPS) is 9.88. The minimum absolute atomic E-state index is 0.238. The molecule has 1 aromatic carbocycles. The molecule has 6 heteroatoms. The Labute approximate surface area is 96.0 Å². The summed E-state index contributed by atoms with van der Waals surface area (Å²) in [5.41, 5.74) is 5.05. The lowest BCUT2D eigenvalue weighted by Gasteiger charge is -2.07. The second-order valence-corrected chi connectivity index (χ2v) is 3.24. The summed E-state index contributed by atoms with van der Waals surface area (Å²) < 4.78 is 5.37. The number of hydrogen-bond acceptors (Lipinski definition) is 4. The van der Waals surface area contributed by atoms with Crippen molar-refractivity contribution >= 4 is 5.91 Å². The number of carbonyl (C=O) groups excluding carboxylic acids is 1. The summed E-state index contributed by atoms with van der Waals surface area (Å²) in [6, 6.07) is 7.72. The maximum absolute atomic E-state index is 11.1. The van der Waals surface area contributed by atoms with Gasteiger partial charge in [0.05, 0.1) is 11.8 Å². The molecule has 0 aliphatic carbocycles. The predicted octanol–water partition coefficient (Wildman–Crippen LogP) is 0.661. The van der Waals surface area contributed by atoms with Crippen LogP contribution in [0, 0.1) is 0 Å². The van der Waals surface area contributed by atoms with Gasteiger partial charge < -0.3 is 10.5 Å². The summed E-state index contributed by atoms with van der Waals surface area (Å²) in [6.45, 7) is 0. The molecule has 0 aliphatic heterocycles. The first-order valence-corrected chi connectivity index (χ1v) is 4.78. The van der Waals surface area contributed by atoms with Crippen LogP contribution in [0.1, 0.15) is 10.4 Å². The van der Waals surface area contributed by atoms with E-state index >= 15 is 0 Å². The van der Waals surface area contributed by atoms with Crippen LogP contribution in [0.3, 0.4) is 0 Å². The maximum atomic E-state index is 11.1. The van der Waals surface area contributed by atoms with Crippen molar-refractivity contribution in [1.29, 1.82) is 0 Å². The zero-order valence-electron chi connectivity index (χ0n) is 8.71. The molecule has 1 heterocycles. The van der Waals surface area contributed by atoms with Gasteiger partial charge in [-0.05, 0) is 12.1 Å². The molecule has 86 valence electrons. The molecule has 0 atom stereocenters. The van der Waals surface area contributed by atoms with Gasteiger partial charge in [-0.2, -0.15) is 5.10 Å². The molecule has 6 nitrogen and oxygen atoms in total. The molecular formula is C11H9N3O3. The van der Waals surface area contributed by atoms with Crippen LogP contribution >= 0.6 is 0 Å². The Hall–Kier alpha value is -2.63. The number of ether oxygens (including phenoxy) is 1. The number of H-pyrrole nitrogens is 1. The van der Waals surface area contributed by atoms with E-state index in [0.29, 0.717) is 0 Å². The van der Waals surface area contributed by atoms with Crippen LogP contribution in [-0.4, -0.2) is 16.1 Å². The number of hydrogen-bond donors (Lipinski definition) is 2. The summed E-state index contributed by atoms with van der Waals surface area (Å²) in [5.74, 6) is -0.0757. The summed E-state index contributed by atoms with van der Waals surface area (Å²) in [4.78, 5) is 22.1. The van der Waals surface area contributed by atoms with Gasteiger partial charge in [0.15, 0.2) is 5.75 Å². The van der Waals surface area contributed by atoms with Crippen molar-refractivity contribution < 1.29 is 9.53 Å². The minimum Gasteiger partial charge on any atom is -0.455 e. The molecule has 0 radical (unpaired) electrons. The third kappa shape index (κ3) is 2.49. The molecule has 0 aliphatic rings. The van der Waals surface area contributed by atoms with Gasteiger partial charge in [0, 0.05) is 6.07 Å². The maximum Gasteiger partial charge on any atom is 0.267 e. The number of primary amides is 1. The lowest BCUT2D eigenvalue weighted by molar-refractivity contribution is 0.0998. The molecule has 2 aromatic rings. The second-order valence-electron chi connectivity index (χ2n) is 3.24. The van der Waals surface area contributed by atoms with Gasteiger partial charge in [-0.15, -0.1) is 0 Å². The van der Waals surface area contributed by atoms with E-state index in [-0.39, 0.29) is 22.6 Å². The number of nitrogens with zero attached hydrogens (tertiary/aromatic N) is 1. The second kappa shape index (κ2) is 4.48. The molecule has 1 aromatic heterocycles. The van der Waals surface area contributed by atoms with Crippen LogP contribution in [0.5, 0.6) is 11.5 Å². The zero-order valence-corrected chi connectivity index (χ0v) is 8.71. The Bertz CT molecular complexity index is 607. The van der Waals surface area contributed by atoms with Crippen molar-refractivity contribution in [3.05, 3.63) is 52.4 Å². The first-order valence-electron chi connectivity index (χ1n) is 4.78. The first kappa shape index (κ1) is 10.9. The Kier molecular flexibility index (Phi) is 2.87. The lowest BCUT2D eigenvalue weighted by Crippen LogP contribution is -2.12. The highest BCUT2D eigenvalue weighted by molar-refractivity contribution is 5.95. The molecule has 2 rings (SSSR count). The first-order chi connectivity index (χ1) is 8.16. The van der Waals surface area contributed by atoms with Gasteiger partial charge in [0.25, 0.3) is 11.5 Å². The number of para-hydroxylation sites is 1. The number of amides is 1. The summed E-state index contributed by atoms with van der Waals surface area (Å²) in [7, 11) is 0. The number of nitrogens with two attached hydrogens (primary N) is 1. The zero-order chi connectivity index (χ0) is 12.3. The standard InChI is InChI=1S/C11H9N3O3/c12-11(16)8-3-1-2-4-9(8)17-7-5-10(15)14-13-6-7/h1-6H,(H2,12,16)(H,14,15). The van der Waals surface area contributed by atoms with E-state index in [1.54, 1.807) is 18.2 Å². The van der Waals surface area contributed by atoms with Crippen molar-refractivity contribution in [2.75, 3.05) is 0 Å². The highest BCUT2D eigenvalue weighted by Crippen LogP contribution is 2.23. The van der Waals surface area contributed by atoms with Crippen molar-refractivity contribution in [2.24, 2.45) is 5.73 Å². The molecule has 0 bridgehead atoms. The number of aromatic nitrogens is 2. The van der Waals surface area contributed by atoms with Gasteiger partial charge in [-0.1, -0.05) is 12.1 Å². The average Bonchev–Trinajstić information content (AvgIpc) is 2.29. The number of nitrogens with one attached hydrogen (secondary N) is 1. The van der Waals surface area contributed by atoms with E-state index in [0.717, 1.165) is 0 Å². The molecule has 0 spiro atoms. The largest absolute Gasteiger partial charge is 0.455 e. The average molecular weight is 231 g/mol. The number of carbonyl (C=O) groups is 1. The van der Waals surface area contributed by atoms with E-state index in [1.807, 2.05) is 0 Å². The highest BCUT2D eigenvalue weighted by atomic mass is 16.5. The lowest BCUT2D eigenvalue weighted by atomic mass is 10.2. The molecule has 3 N–H and O–H groups in total. The van der Waals surface area contributed by atoms with Crippen LogP contribution in [0.4, 0.5) is 0 Å². The SMILES string of the molecule is NC(=O)c1ccccc1Oc1cn[nH]c(=O)c1. The predicted molar refractivity (Wildman–Crippen MR) is 59.9 cm³/mol. The van der Waals surface area contributed by atoms with Gasteiger partial charge >= 0.3 is 0 Å². The summed E-state index contributed by atoms with van der Waals surface area (Å²) >= 11 is 0. The van der Waals surface area contributed by atoms with Gasteiger partial charge in [-0.3, -0.25) is 9.59 Å². The van der Waals surface area contributed by atoms with Gasteiger partial charge in [0.1, 0.15) is 5.75 Å². The van der Waals surface area contributed by atoms with E-state index in [9.17, 15) is 9.59 Å². The molecule has 0 saturated carbocycles. The summed E-state index contributed by atoms with van der Waals surface area (Å²) in [5, 5.41) is 5.79. The van der Waals surface area contributed by atoms with Crippen molar-refractivity contribution in [3.63, 3.8) is 0 Å². The van der Waals surface area contributed by atoms with E-state index in [1.165, 1.54) is 18.3 Å². The fourth-order valence-corrected chi connectivity index (χ4v) is 1.30. The molecule has 0 unspecified atom stereocenters. The molecule has 0 fully saturated rings. The fraction of sp³-hybridized carbons (Fsp3) is 0. The Balaban J connectivity index is 2.36. The topological polar surface area (TPSA) is 98.1 Å². The number of benzene rings is 1. The van der Waals surface area contributed by atoms with Crippen LogP contribution in [0.25, 0.3) is 0 Å². The molecule has 1 amide bonds. The Morgan fingerprint density at radius 3 is 2.82 bits per heavy atom.